The van der Waals surface area contributed by atoms with Gasteiger partial charge in [0.2, 0.25) is 16.7 Å². The molecule has 5 rings (SSSR count). The van der Waals surface area contributed by atoms with Crippen molar-refractivity contribution in [1.82, 2.24) is 20.5 Å². The zero-order valence-electron chi connectivity index (χ0n) is 18.7. The maximum atomic E-state index is 14.2. The summed E-state index contributed by atoms with van der Waals surface area (Å²) in [7, 11) is -0.974. The van der Waals surface area contributed by atoms with Gasteiger partial charge in [0.25, 0.3) is 5.91 Å². The molecular weight excluding hydrogens is 492 g/mol. The number of hydrogen-bond acceptors (Lipinski definition) is 5. The minimum absolute atomic E-state index is 0.144. The van der Waals surface area contributed by atoms with Crippen molar-refractivity contribution in [1.29, 1.82) is 0 Å². The van der Waals surface area contributed by atoms with Crippen LogP contribution < -0.4 is 16.0 Å². The molecule has 1 fully saturated rings. The lowest BCUT2D eigenvalue weighted by atomic mass is 10.0. The van der Waals surface area contributed by atoms with Gasteiger partial charge in [0.1, 0.15) is 11.9 Å². The number of carbonyl (C=O) groups is 4. The molecule has 1 saturated heterocycles. The summed E-state index contributed by atoms with van der Waals surface area (Å²) in [5.74, 6) is -2.51. The Balaban J connectivity index is 1.22. The molecule has 12 heteroatoms. The molecule has 0 spiro atoms. The van der Waals surface area contributed by atoms with Crippen molar-refractivity contribution in [2.75, 3.05) is 5.32 Å². The summed E-state index contributed by atoms with van der Waals surface area (Å²) in [6.45, 7) is 0.375. The summed E-state index contributed by atoms with van der Waals surface area (Å²) in [6.07, 6.45) is 1.91. The summed E-state index contributed by atoms with van der Waals surface area (Å²) >= 11 is 0. The lowest BCUT2D eigenvalue weighted by Gasteiger charge is -2.29. The first kappa shape index (κ1) is 23.5. The van der Waals surface area contributed by atoms with E-state index in [1.54, 1.807) is 23.6 Å². The van der Waals surface area contributed by atoms with Crippen molar-refractivity contribution in [2.24, 2.45) is 0 Å². The van der Waals surface area contributed by atoms with Gasteiger partial charge in [-0.1, -0.05) is 12.1 Å². The number of thiazole rings is 1. The Kier molecular flexibility index (Phi) is 6.18. The molecule has 2 aliphatic rings. The summed E-state index contributed by atoms with van der Waals surface area (Å²) in [6, 6.07) is 7.14. The smallest absolute Gasteiger partial charge is 0.334 e. The summed E-state index contributed by atoms with van der Waals surface area (Å²) in [4.78, 5) is 54.6. The topological polar surface area (TPSA) is 120 Å². The number of fused-ring (bicyclic) bond motifs is 1. The van der Waals surface area contributed by atoms with Gasteiger partial charge in [-0.2, -0.15) is 4.98 Å². The van der Waals surface area contributed by atoms with Crippen LogP contribution >= 0.6 is 10.5 Å². The number of nitrogens with zero attached hydrogens (tertiary/aromatic N) is 2. The van der Waals surface area contributed by atoms with Crippen molar-refractivity contribution in [3.63, 3.8) is 0 Å². The number of carbonyl (C=O) groups excluding carboxylic acids is 4. The van der Waals surface area contributed by atoms with Crippen LogP contribution in [0.15, 0.2) is 48.0 Å². The molecule has 2 unspecified atom stereocenters. The Morgan fingerprint density at radius 3 is 2.78 bits per heavy atom. The molecule has 3 heterocycles. The van der Waals surface area contributed by atoms with E-state index in [4.69, 9.17) is 0 Å². The quantitative estimate of drug-likeness (QED) is 0.358. The average Bonchev–Trinajstić information content (AvgIpc) is 3.42. The first-order valence-corrected chi connectivity index (χ1v) is 12.3. The first-order chi connectivity index (χ1) is 17.3. The third-order valence-corrected chi connectivity index (χ3v) is 7.81. The number of benzene rings is 2. The molecule has 5 amide bonds. The number of anilines is 1. The number of hydrogen-bond donors (Lipinski definition) is 3. The van der Waals surface area contributed by atoms with Gasteiger partial charge in [-0.25, -0.2) is 18.9 Å². The van der Waals surface area contributed by atoms with E-state index < -0.39 is 40.1 Å². The molecule has 184 valence electrons. The molecule has 36 heavy (non-hydrogen) atoms. The summed E-state index contributed by atoms with van der Waals surface area (Å²) in [5, 5.41) is 9.44. The second kappa shape index (κ2) is 9.46. The SMILES string of the molecule is O=C1CCC(N2Cc3cc(CNC(=O)Nc4ncc[s+]4-c4ccc(F)cc4F)ccc3C2=O)C(=O)N1. The van der Waals surface area contributed by atoms with Crippen LogP contribution in [0.3, 0.4) is 0 Å². The van der Waals surface area contributed by atoms with Crippen LogP contribution in [0, 0.1) is 11.6 Å². The molecule has 0 bridgehead atoms. The van der Waals surface area contributed by atoms with Crippen molar-refractivity contribution < 1.29 is 28.0 Å². The fourth-order valence-electron chi connectivity index (χ4n) is 4.26. The molecule has 0 saturated carbocycles. The molecule has 2 aromatic carbocycles. The minimum atomic E-state index is -0.974. The van der Waals surface area contributed by atoms with Gasteiger partial charge >= 0.3 is 11.2 Å². The van der Waals surface area contributed by atoms with Gasteiger partial charge in [0.15, 0.2) is 11.2 Å². The van der Waals surface area contributed by atoms with Crippen LogP contribution in [-0.4, -0.2) is 39.7 Å². The molecule has 9 nitrogen and oxygen atoms in total. The third kappa shape index (κ3) is 4.54. The fraction of sp³-hybridized carbons (Fsp3) is 0.208. The molecule has 3 N–H and O–H groups in total. The van der Waals surface area contributed by atoms with Gasteiger partial charge in [-0.3, -0.25) is 19.7 Å². The van der Waals surface area contributed by atoms with Gasteiger partial charge < -0.3 is 10.2 Å². The largest absolute Gasteiger partial charge is 0.353 e. The molecule has 2 atom stereocenters. The number of rotatable bonds is 5. The zero-order valence-corrected chi connectivity index (χ0v) is 19.5. The maximum Gasteiger partial charge on any atom is 0.353 e. The van der Waals surface area contributed by atoms with Crippen LogP contribution in [0.5, 0.6) is 0 Å². The van der Waals surface area contributed by atoms with Crippen molar-refractivity contribution in [3.8, 4) is 4.90 Å². The predicted molar refractivity (Wildman–Crippen MR) is 126 cm³/mol. The number of urea groups is 1. The standard InChI is InChI=1S/C24H19F2N5O4S/c25-15-2-5-19(17(26)10-15)36-8-7-27-24(36)30-23(35)28-11-13-1-3-16-14(9-13)12-31(22(16)34)18-4-6-20(32)29-21(18)33/h1-3,5,7-10,18H,4,6,11-12H2,(H2-,27,28,29,30,32,33,35)/p+1. The first-order valence-electron chi connectivity index (χ1n) is 11.0. The van der Waals surface area contributed by atoms with Crippen LogP contribution in [0.1, 0.15) is 34.3 Å². The Bertz CT molecular complexity index is 1410. The number of piperidine rings is 1. The Hall–Kier alpha value is -4.19. The average molecular weight is 513 g/mol. The van der Waals surface area contributed by atoms with E-state index in [-0.39, 0.29) is 47.8 Å². The van der Waals surface area contributed by atoms with Crippen LogP contribution in [0.2, 0.25) is 0 Å². The number of imide groups is 1. The minimum Gasteiger partial charge on any atom is -0.334 e. The fourth-order valence-corrected chi connectivity index (χ4v) is 5.79. The van der Waals surface area contributed by atoms with Gasteiger partial charge in [0, 0.05) is 37.2 Å². The monoisotopic (exact) mass is 512 g/mol. The summed E-state index contributed by atoms with van der Waals surface area (Å²) in [5.41, 5.74) is 1.93. The van der Waals surface area contributed by atoms with Gasteiger partial charge in [-0.15, -0.1) is 0 Å². The van der Waals surface area contributed by atoms with E-state index >= 15 is 0 Å². The lowest BCUT2D eigenvalue weighted by Crippen LogP contribution is -2.52. The molecule has 3 aromatic rings. The number of halogens is 2. The van der Waals surface area contributed by atoms with Crippen LogP contribution in [0.4, 0.5) is 18.7 Å². The molecular formula is C24H20F2N5O4S+. The van der Waals surface area contributed by atoms with Crippen LogP contribution in [0.25, 0.3) is 4.90 Å². The zero-order chi connectivity index (χ0) is 25.4. The number of nitrogens with one attached hydrogen (secondary N) is 3. The van der Waals surface area contributed by atoms with E-state index in [9.17, 15) is 28.0 Å². The van der Waals surface area contributed by atoms with Crippen molar-refractivity contribution in [3.05, 3.63) is 76.3 Å². The Morgan fingerprint density at radius 1 is 1.17 bits per heavy atom. The number of aromatic nitrogens is 1. The van der Waals surface area contributed by atoms with Gasteiger partial charge in [0.05, 0.1) is 16.7 Å². The maximum absolute atomic E-state index is 14.2. The van der Waals surface area contributed by atoms with Gasteiger partial charge in [-0.05, 0) is 29.7 Å². The predicted octanol–water partition coefficient (Wildman–Crippen LogP) is 3.18. The molecule has 2 aliphatic heterocycles. The Morgan fingerprint density at radius 2 is 2.00 bits per heavy atom. The third-order valence-electron chi connectivity index (χ3n) is 5.99. The summed E-state index contributed by atoms with van der Waals surface area (Å²) < 4.78 is 27.4. The highest BCUT2D eigenvalue weighted by molar-refractivity contribution is 7.41. The van der Waals surface area contributed by atoms with E-state index in [2.05, 4.69) is 20.9 Å². The second-order valence-electron chi connectivity index (χ2n) is 8.33. The lowest BCUT2D eigenvalue weighted by molar-refractivity contribution is -0.136. The highest BCUT2D eigenvalue weighted by Gasteiger charge is 2.39. The normalized spacial score (nSPS) is 17.6. The molecule has 0 aliphatic carbocycles. The Labute approximate surface area is 206 Å². The van der Waals surface area contributed by atoms with E-state index in [0.717, 1.165) is 23.3 Å². The second-order valence-corrected chi connectivity index (χ2v) is 10.1. The van der Waals surface area contributed by atoms with E-state index in [1.165, 1.54) is 17.2 Å². The highest BCUT2D eigenvalue weighted by atomic mass is 32.2. The highest BCUT2D eigenvalue weighted by Crippen LogP contribution is 2.39. The van der Waals surface area contributed by atoms with Crippen molar-refractivity contribution in [2.45, 2.75) is 32.0 Å². The molecule has 0 radical (unpaired) electrons. The van der Waals surface area contributed by atoms with E-state index in [1.807, 2.05) is 0 Å². The van der Waals surface area contributed by atoms with Crippen LogP contribution in [-0.2, 0) is 22.7 Å². The number of amides is 5. The van der Waals surface area contributed by atoms with Crippen molar-refractivity contribution >= 4 is 39.4 Å². The van der Waals surface area contributed by atoms with E-state index in [0.29, 0.717) is 5.56 Å². The molecule has 1 aromatic heterocycles.